The third-order valence-corrected chi connectivity index (χ3v) is 5.49. The van der Waals surface area contributed by atoms with Gasteiger partial charge in [0.25, 0.3) is 5.91 Å². The van der Waals surface area contributed by atoms with Crippen LogP contribution in [0.15, 0.2) is 52.5 Å². The van der Waals surface area contributed by atoms with E-state index < -0.39 is 0 Å². The van der Waals surface area contributed by atoms with E-state index in [4.69, 9.17) is 10.3 Å². The second-order valence-corrected chi connectivity index (χ2v) is 7.30. The molecule has 4 rings (SSSR count). The molecule has 2 N–H and O–H groups in total. The Hall–Kier alpha value is -3.34. The molecule has 2 amide bonds. The van der Waals surface area contributed by atoms with Gasteiger partial charge in [0.05, 0.1) is 12.0 Å². The third-order valence-electron chi connectivity index (χ3n) is 4.56. The second-order valence-electron chi connectivity index (χ2n) is 6.36. The highest BCUT2D eigenvalue weighted by Crippen LogP contribution is 2.21. The lowest BCUT2D eigenvalue weighted by molar-refractivity contribution is -0.129. The Morgan fingerprint density at radius 2 is 1.90 bits per heavy atom. The molecule has 0 atom stereocenters. The predicted molar refractivity (Wildman–Crippen MR) is 105 cm³/mol. The molecule has 0 unspecified atom stereocenters. The first-order chi connectivity index (χ1) is 14.1. The number of nitrogens with two attached hydrogens (primary N) is 1. The van der Waals surface area contributed by atoms with E-state index in [2.05, 4.69) is 15.2 Å². The first-order valence-corrected chi connectivity index (χ1v) is 9.96. The fraction of sp³-hybridized carbons (Fsp3) is 0.278. The quantitative estimate of drug-likeness (QED) is 0.479. The van der Waals surface area contributed by atoms with E-state index in [0.29, 0.717) is 42.9 Å². The minimum atomic E-state index is -0.157. The fourth-order valence-electron chi connectivity index (χ4n) is 3.00. The van der Waals surface area contributed by atoms with Crippen LogP contribution in [0.4, 0.5) is 0 Å². The Labute approximate surface area is 170 Å². The van der Waals surface area contributed by atoms with E-state index in [0.717, 1.165) is 5.56 Å². The van der Waals surface area contributed by atoms with Crippen LogP contribution in [-0.4, -0.2) is 73.4 Å². The Kier molecular flexibility index (Phi) is 5.47. The molecule has 29 heavy (non-hydrogen) atoms. The molecule has 3 aromatic heterocycles. The summed E-state index contributed by atoms with van der Waals surface area (Å²) in [5.41, 5.74) is 0.748. The van der Waals surface area contributed by atoms with Crippen molar-refractivity contribution in [1.29, 1.82) is 0 Å². The zero-order chi connectivity index (χ0) is 20.2. The van der Waals surface area contributed by atoms with Gasteiger partial charge in [0.1, 0.15) is 0 Å². The topological polar surface area (TPSA) is 123 Å². The molecule has 1 aliphatic rings. The van der Waals surface area contributed by atoms with Gasteiger partial charge >= 0.3 is 0 Å². The molecule has 0 spiro atoms. The van der Waals surface area contributed by atoms with Crippen molar-refractivity contribution in [3.05, 3.63) is 48.7 Å². The van der Waals surface area contributed by atoms with Crippen molar-refractivity contribution in [3.8, 4) is 11.4 Å². The minimum Gasteiger partial charge on any atom is -0.459 e. The highest BCUT2D eigenvalue weighted by atomic mass is 32.2. The SMILES string of the molecule is Nn1c(SCC(=O)N2CCN(C(=O)c3ccco3)CC2)nnc1-c1cccnc1. The maximum absolute atomic E-state index is 12.5. The Morgan fingerprint density at radius 1 is 1.10 bits per heavy atom. The number of nitrogen functional groups attached to an aromatic ring is 1. The lowest BCUT2D eigenvalue weighted by Gasteiger charge is -2.34. The van der Waals surface area contributed by atoms with E-state index >= 15 is 0 Å². The molecule has 3 aromatic rings. The summed E-state index contributed by atoms with van der Waals surface area (Å²) in [4.78, 5) is 32.3. The summed E-state index contributed by atoms with van der Waals surface area (Å²) in [5, 5.41) is 8.59. The zero-order valence-corrected chi connectivity index (χ0v) is 16.3. The maximum atomic E-state index is 12.5. The lowest BCUT2D eigenvalue weighted by atomic mass is 10.3. The van der Waals surface area contributed by atoms with Gasteiger partial charge in [-0.15, -0.1) is 10.2 Å². The smallest absolute Gasteiger partial charge is 0.289 e. The van der Waals surface area contributed by atoms with Crippen LogP contribution in [0.5, 0.6) is 0 Å². The molecular formula is C18H19N7O3S. The number of aromatic nitrogens is 4. The summed E-state index contributed by atoms with van der Waals surface area (Å²) in [5.74, 6) is 6.86. The van der Waals surface area contributed by atoms with Crippen molar-refractivity contribution in [2.24, 2.45) is 0 Å². The zero-order valence-electron chi connectivity index (χ0n) is 15.5. The molecule has 150 valence electrons. The largest absolute Gasteiger partial charge is 0.459 e. The van der Waals surface area contributed by atoms with Gasteiger partial charge in [-0.05, 0) is 24.3 Å². The van der Waals surface area contributed by atoms with Crippen LogP contribution in [0.25, 0.3) is 11.4 Å². The van der Waals surface area contributed by atoms with Crippen LogP contribution in [0.3, 0.4) is 0 Å². The van der Waals surface area contributed by atoms with Gasteiger partial charge in [0.15, 0.2) is 11.6 Å². The monoisotopic (exact) mass is 413 g/mol. The van der Waals surface area contributed by atoms with Crippen molar-refractivity contribution in [2.45, 2.75) is 5.16 Å². The third kappa shape index (κ3) is 4.09. The molecule has 1 saturated heterocycles. The maximum Gasteiger partial charge on any atom is 0.289 e. The van der Waals surface area contributed by atoms with Crippen LogP contribution in [0.2, 0.25) is 0 Å². The Balaban J connectivity index is 1.30. The van der Waals surface area contributed by atoms with E-state index in [-0.39, 0.29) is 17.6 Å². The van der Waals surface area contributed by atoms with Gasteiger partial charge in [-0.25, -0.2) is 4.68 Å². The summed E-state index contributed by atoms with van der Waals surface area (Å²) >= 11 is 1.23. The molecule has 1 fully saturated rings. The molecule has 0 saturated carbocycles. The molecule has 11 heteroatoms. The highest BCUT2D eigenvalue weighted by Gasteiger charge is 2.26. The van der Waals surface area contributed by atoms with E-state index in [1.54, 1.807) is 40.4 Å². The standard InChI is InChI=1S/C18H19N7O3S/c19-25-16(13-3-1-5-20-11-13)21-22-18(25)29-12-15(26)23-6-8-24(9-7-23)17(27)14-4-2-10-28-14/h1-5,10-11H,6-9,12,19H2. The van der Waals surface area contributed by atoms with Crippen LogP contribution < -0.4 is 5.84 Å². The van der Waals surface area contributed by atoms with Gasteiger partial charge in [-0.2, -0.15) is 0 Å². The first-order valence-electron chi connectivity index (χ1n) is 8.97. The van der Waals surface area contributed by atoms with Crippen molar-refractivity contribution in [2.75, 3.05) is 37.8 Å². The van der Waals surface area contributed by atoms with E-state index in [1.165, 1.54) is 22.7 Å². The van der Waals surface area contributed by atoms with Crippen molar-refractivity contribution in [3.63, 3.8) is 0 Å². The minimum absolute atomic E-state index is 0.0361. The average molecular weight is 413 g/mol. The molecule has 0 bridgehead atoms. The summed E-state index contributed by atoms with van der Waals surface area (Å²) in [6.07, 6.45) is 4.79. The van der Waals surface area contributed by atoms with Gasteiger partial charge in [0.2, 0.25) is 11.1 Å². The number of carbonyl (C=O) groups excluding carboxylic acids is 2. The van der Waals surface area contributed by atoms with Crippen LogP contribution in [0, 0.1) is 0 Å². The molecular weight excluding hydrogens is 394 g/mol. The molecule has 10 nitrogen and oxygen atoms in total. The number of piperazine rings is 1. The number of carbonyl (C=O) groups is 2. The number of thioether (sulfide) groups is 1. The summed E-state index contributed by atoms with van der Waals surface area (Å²) in [6.45, 7) is 1.88. The van der Waals surface area contributed by atoms with Crippen molar-refractivity contribution < 1.29 is 14.0 Å². The first kappa shape index (κ1) is 19.0. The molecule has 4 heterocycles. The number of amides is 2. The average Bonchev–Trinajstić information content (AvgIpc) is 3.42. The van der Waals surface area contributed by atoms with Crippen molar-refractivity contribution >= 4 is 23.6 Å². The van der Waals surface area contributed by atoms with Gasteiger partial charge < -0.3 is 20.1 Å². The van der Waals surface area contributed by atoms with Crippen LogP contribution >= 0.6 is 11.8 Å². The highest BCUT2D eigenvalue weighted by molar-refractivity contribution is 7.99. The van der Waals surface area contributed by atoms with Crippen molar-refractivity contribution in [1.82, 2.24) is 29.7 Å². The van der Waals surface area contributed by atoms with Crippen LogP contribution in [0.1, 0.15) is 10.6 Å². The van der Waals surface area contributed by atoms with Crippen LogP contribution in [-0.2, 0) is 4.79 Å². The Morgan fingerprint density at radius 3 is 2.59 bits per heavy atom. The summed E-state index contributed by atoms with van der Waals surface area (Å²) < 4.78 is 6.51. The van der Waals surface area contributed by atoms with Gasteiger partial charge in [-0.3, -0.25) is 14.6 Å². The number of pyridine rings is 1. The number of nitrogens with zero attached hydrogens (tertiary/aromatic N) is 6. The van der Waals surface area contributed by atoms with E-state index in [9.17, 15) is 9.59 Å². The Bertz CT molecular complexity index is 982. The number of hydrogen-bond donors (Lipinski definition) is 1. The lowest BCUT2D eigenvalue weighted by Crippen LogP contribution is -2.51. The normalized spacial score (nSPS) is 14.2. The second kappa shape index (κ2) is 8.35. The summed E-state index contributed by atoms with van der Waals surface area (Å²) in [7, 11) is 0. The molecule has 0 aliphatic carbocycles. The molecule has 0 aromatic carbocycles. The van der Waals surface area contributed by atoms with Gasteiger partial charge in [0, 0.05) is 44.1 Å². The number of rotatable bonds is 5. The fourth-order valence-corrected chi connectivity index (χ4v) is 3.76. The predicted octanol–water partition coefficient (Wildman–Crippen LogP) is 0.724. The summed E-state index contributed by atoms with van der Waals surface area (Å²) in [6, 6.07) is 6.94. The van der Waals surface area contributed by atoms with E-state index in [1.807, 2.05) is 6.07 Å². The number of furan rings is 1. The van der Waals surface area contributed by atoms with Gasteiger partial charge in [-0.1, -0.05) is 11.8 Å². The number of hydrogen-bond acceptors (Lipinski definition) is 8. The molecule has 1 aliphatic heterocycles. The molecule has 0 radical (unpaired) electrons.